The van der Waals surface area contributed by atoms with Gasteiger partial charge in [-0.05, 0) is 66.9 Å². The molecule has 0 unspecified atom stereocenters. The van der Waals surface area contributed by atoms with Crippen LogP contribution in [0.1, 0.15) is 35.7 Å². The van der Waals surface area contributed by atoms with Crippen LogP contribution in [0.3, 0.4) is 0 Å². The smallest absolute Gasteiger partial charge is 0.283 e. The Morgan fingerprint density at radius 1 is 0.811 bits per heavy atom. The van der Waals surface area contributed by atoms with Gasteiger partial charge in [0, 0.05) is 16.9 Å². The topological polar surface area (TPSA) is 78.5 Å². The second-order valence-electron chi connectivity index (χ2n) is 8.31. The summed E-state index contributed by atoms with van der Waals surface area (Å²) >= 11 is 24.4. The standard InChI is InChI=1S/C27H21Cl4N3O3/c1-2-3-4-15-5-9-18(10-6-15)33-25(35)16-7-11-17(12-8-16)32-24-23(31)26(36)34(27(24)37)22-14-20(29)19(28)13-21(22)30/h5-14,32H,2-4H2,1H3,(H,33,35). The number of amides is 3. The number of carbonyl (C=O) groups excluding carboxylic acids is 3. The lowest BCUT2D eigenvalue weighted by molar-refractivity contribution is -0.120. The van der Waals surface area contributed by atoms with Gasteiger partial charge in [0.2, 0.25) is 0 Å². The number of unbranched alkanes of at least 4 members (excludes halogenated alkanes) is 1. The molecule has 0 saturated carbocycles. The van der Waals surface area contributed by atoms with Crippen LogP contribution in [-0.4, -0.2) is 17.7 Å². The Bertz CT molecular complexity index is 1400. The number of hydrogen-bond acceptors (Lipinski definition) is 4. The van der Waals surface area contributed by atoms with Crippen LogP contribution in [0.25, 0.3) is 0 Å². The molecule has 0 fully saturated rings. The third-order valence-electron chi connectivity index (χ3n) is 5.71. The Kier molecular flexibility index (Phi) is 8.45. The van der Waals surface area contributed by atoms with E-state index in [0.717, 1.165) is 24.2 Å². The van der Waals surface area contributed by atoms with Crippen LogP contribution in [0.2, 0.25) is 15.1 Å². The van der Waals surface area contributed by atoms with E-state index in [4.69, 9.17) is 46.4 Å². The zero-order chi connectivity index (χ0) is 26.7. The minimum Gasteiger partial charge on any atom is -0.350 e. The third kappa shape index (κ3) is 5.94. The number of benzene rings is 3. The molecule has 0 aromatic heterocycles. The Morgan fingerprint density at radius 3 is 2.08 bits per heavy atom. The first-order chi connectivity index (χ1) is 17.7. The average molecular weight is 577 g/mol. The summed E-state index contributed by atoms with van der Waals surface area (Å²) in [5, 5.41) is 5.78. The highest BCUT2D eigenvalue weighted by atomic mass is 35.5. The largest absolute Gasteiger partial charge is 0.350 e. The van der Waals surface area contributed by atoms with E-state index in [9.17, 15) is 14.4 Å². The molecule has 0 saturated heterocycles. The number of anilines is 3. The summed E-state index contributed by atoms with van der Waals surface area (Å²) in [6.45, 7) is 2.15. The summed E-state index contributed by atoms with van der Waals surface area (Å²) in [5.74, 6) is -1.75. The minimum atomic E-state index is -0.758. The number of rotatable bonds is 8. The molecule has 190 valence electrons. The second-order valence-corrected chi connectivity index (χ2v) is 9.91. The summed E-state index contributed by atoms with van der Waals surface area (Å²) in [4.78, 5) is 39.3. The zero-order valence-electron chi connectivity index (χ0n) is 19.6. The van der Waals surface area contributed by atoms with Crippen LogP contribution < -0.4 is 15.5 Å². The molecule has 0 spiro atoms. The van der Waals surface area contributed by atoms with Gasteiger partial charge in [0.15, 0.2) is 0 Å². The molecule has 37 heavy (non-hydrogen) atoms. The number of nitrogens with zero attached hydrogens (tertiary/aromatic N) is 1. The first-order valence-electron chi connectivity index (χ1n) is 11.4. The van der Waals surface area contributed by atoms with Crippen LogP contribution in [-0.2, 0) is 16.0 Å². The van der Waals surface area contributed by atoms with E-state index >= 15 is 0 Å². The van der Waals surface area contributed by atoms with Crippen molar-refractivity contribution in [3.63, 3.8) is 0 Å². The van der Waals surface area contributed by atoms with Crippen molar-refractivity contribution in [1.29, 1.82) is 0 Å². The lowest BCUT2D eigenvalue weighted by Crippen LogP contribution is -2.32. The van der Waals surface area contributed by atoms with Crippen LogP contribution in [0, 0.1) is 0 Å². The number of imide groups is 1. The van der Waals surface area contributed by atoms with Crippen molar-refractivity contribution >= 4 is 81.2 Å². The number of nitrogens with one attached hydrogen (secondary N) is 2. The Balaban J connectivity index is 1.44. The Morgan fingerprint density at radius 2 is 1.43 bits per heavy atom. The van der Waals surface area contributed by atoms with Gasteiger partial charge in [0.1, 0.15) is 10.7 Å². The maximum absolute atomic E-state index is 13.0. The van der Waals surface area contributed by atoms with E-state index in [1.54, 1.807) is 24.3 Å². The highest BCUT2D eigenvalue weighted by Gasteiger charge is 2.40. The molecule has 3 aromatic rings. The SMILES string of the molecule is CCCCc1ccc(NC(=O)c2ccc(NC3=C(Cl)C(=O)N(c4cc(Cl)c(Cl)cc4Cl)C3=O)cc2)cc1. The first kappa shape index (κ1) is 27.0. The van der Waals surface area contributed by atoms with E-state index in [1.807, 2.05) is 24.3 Å². The van der Waals surface area contributed by atoms with Gasteiger partial charge < -0.3 is 10.6 Å². The molecule has 6 nitrogen and oxygen atoms in total. The second kappa shape index (κ2) is 11.6. The molecule has 0 bridgehead atoms. The van der Waals surface area contributed by atoms with Crippen LogP contribution >= 0.6 is 46.4 Å². The minimum absolute atomic E-state index is 0.0615. The van der Waals surface area contributed by atoms with Crippen molar-refractivity contribution in [1.82, 2.24) is 0 Å². The highest BCUT2D eigenvalue weighted by Crippen LogP contribution is 2.38. The molecule has 10 heteroatoms. The average Bonchev–Trinajstić information content (AvgIpc) is 3.09. The molecule has 3 aromatic carbocycles. The fourth-order valence-corrected chi connectivity index (χ4v) is 4.54. The quantitative estimate of drug-likeness (QED) is 0.213. The van der Waals surface area contributed by atoms with Gasteiger partial charge in [-0.3, -0.25) is 14.4 Å². The normalized spacial score (nSPS) is 13.4. The Labute approximate surface area is 234 Å². The molecule has 1 heterocycles. The van der Waals surface area contributed by atoms with Gasteiger partial charge in [0.05, 0.1) is 20.8 Å². The van der Waals surface area contributed by atoms with Gasteiger partial charge in [0.25, 0.3) is 17.7 Å². The summed E-state index contributed by atoms with van der Waals surface area (Å²) in [6.07, 6.45) is 3.25. The molecule has 1 aliphatic rings. The number of carbonyl (C=O) groups is 3. The lowest BCUT2D eigenvalue weighted by atomic mass is 10.1. The molecular weight excluding hydrogens is 556 g/mol. The predicted octanol–water partition coefficient (Wildman–Crippen LogP) is 7.68. The van der Waals surface area contributed by atoms with Crippen molar-refractivity contribution in [2.45, 2.75) is 26.2 Å². The maximum Gasteiger partial charge on any atom is 0.283 e. The molecule has 4 rings (SSSR count). The third-order valence-corrected chi connectivity index (χ3v) is 7.08. The van der Waals surface area contributed by atoms with Gasteiger partial charge >= 0.3 is 0 Å². The fraction of sp³-hybridized carbons (Fsp3) is 0.148. The van der Waals surface area contributed by atoms with Crippen molar-refractivity contribution in [2.24, 2.45) is 0 Å². The molecule has 0 aliphatic carbocycles. The molecule has 0 radical (unpaired) electrons. The van der Waals surface area contributed by atoms with Crippen LogP contribution in [0.5, 0.6) is 0 Å². The van der Waals surface area contributed by atoms with E-state index in [2.05, 4.69) is 17.6 Å². The van der Waals surface area contributed by atoms with Crippen molar-refractivity contribution in [2.75, 3.05) is 15.5 Å². The first-order valence-corrected chi connectivity index (χ1v) is 12.9. The van der Waals surface area contributed by atoms with E-state index in [0.29, 0.717) is 16.9 Å². The maximum atomic E-state index is 13.0. The molecule has 1 aliphatic heterocycles. The monoisotopic (exact) mass is 575 g/mol. The highest BCUT2D eigenvalue weighted by molar-refractivity contribution is 6.54. The summed E-state index contributed by atoms with van der Waals surface area (Å²) in [7, 11) is 0. The van der Waals surface area contributed by atoms with E-state index < -0.39 is 11.8 Å². The van der Waals surface area contributed by atoms with Crippen molar-refractivity contribution in [3.05, 3.63) is 97.6 Å². The Hall–Kier alpha value is -3.03. The fourth-order valence-electron chi connectivity index (χ4n) is 3.70. The van der Waals surface area contributed by atoms with Gasteiger partial charge in [-0.1, -0.05) is 71.9 Å². The molecular formula is C27H21Cl4N3O3. The van der Waals surface area contributed by atoms with Gasteiger partial charge in [-0.15, -0.1) is 0 Å². The van der Waals surface area contributed by atoms with E-state index in [-0.39, 0.29) is 37.4 Å². The number of hydrogen-bond donors (Lipinski definition) is 2. The molecule has 3 amide bonds. The molecule has 2 N–H and O–H groups in total. The van der Waals surface area contributed by atoms with Gasteiger partial charge in [-0.25, -0.2) is 4.90 Å². The van der Waals surface area contributed by atoms with Crippen molar-refractivity contribution in [3.8, 4) is 0 Å². The summed E-state index contributed by atoms with van der Waals surface area (Å²) in [6, 6.07) is 16.8. The van der Waals surface area contributed by atoms with Crippen LogP contribution in [0.15, 0.2) is 71.4 Å². The van der Waals surface area contributed by atoms with Crippen LogP contribution in [0.4, 0.5) is 17.1 Å². The lowest BCUT2D eigenvalue weighted by Gasteiger charge is -2.17. The number of halogens is 4. The predicted molar refractivity (Wildman–Crippen MR) is 150 cm³/mol. The summed E-state index contributed by atoms with van der Waals surface area (Å²) in [5.41, 5.74) is 2.72. The van der Waals surface area contributed by atoms with Gasteiger partial charge in [-0.2, -0.15) is 0 Å². The number of aryl methyl sites for hydroxylation is 1. The zero-order valence-corrected chi connectivity index (χ0v) is 22.6. The molecule has 0 atom stereocenters. The summed E-state index contributed by atoms with van der Waals surface area (Å²) < 4.78 is 0. The van der Waals surface area contributed by atoms with Crippen molar-refractivity contribution < 1.29 is 14.4 Å². The van der Waals surface area contributed by atoms with E-state index in [1.165, 1.54) is 17.7 Å².